The molecule has 2 aliphatic rings. The zero-order valence-electron chi connectivity index (χ0n) is 17.7. The van der Waals surface area contributed by atoms with Crippen LogP contribution in [0.25, 0.3) is 0 Å². The minimum absolute atomic E-state index is 0. The van der Waals surface area contributed by atoms with Crippen molar-refractivity contribution in [1.82, 2.24) is 15.5 Å². The maximum Gasteiger partial charge on any atom is 0.191 e. The molecule has 29 heavy (non-hydrogen) atoms. The summed E-state index contributed by atoms with van der Waals surface area (Å²) in [7, 11) is 2.21. The Kier molecular flexibility index (Phi) is 11.0. The van der Waals surface area contributed by atoms with E-state index in [-0.39, 0.29) is 24.0 Å². The van der Waals surface area contributed by atoms with E-state index in [1.54, 1.807) is 0 Å². The number of benzene rings is 1. The molecule has 2 saturated heterocycles. The van der Waals surface area contributed by atoms with Gasteiger partial charge in [0.2, 0.25) is 0 Å². The number of nitrogens with zero attached hydrogens (tertiary/aromatic N) is 2. The molecule has 3 rings (SSSR count). The summed E-state index contributed by atoms with van der Waals surface area (Å²) >= 11 is 6.26. The predicted octanol–water partition coefficient (Wildman–Crippen LogP) is 4.47. The monoisotopic (exact) mass is 534 g/mol. The molecule has 3 unspecified atom stereocenters. The SMILES string of the molecule is CCNC(=NCC1CCCN(C)C1c1cccc(Cl)c1)NCCC1CCCO1.I. The van der Waals surface area contributed by atoms with Crippen LogP contribution in [0.3, 0.4) is 0 Å². The Morgan fingerprint density at radius 3 is 2.86 bits per heavy atom. The fourth-order valence-electron chi connectivity index (χ4n) is 4.44. The van der Waals surface area contributed by atoms with Crippen molar-refractivity contribution in [2.45, 2.75) is 51.2 Å². The van der Waals surface area contributed by atoms with E-state index in [2.05, 4.69) is 47.7 Å². The van der Waals surface area contributed by atoms with Crippen LogP contribution in [0.1, 0.15) is 50.6 Å². The van der Waals surface area contributed by atoms with E-state index in [1.165, 1.54) is 31.2 Å². The molecular formula is C22H36ClIN4O. The van der Waals surface area contributed by atoms with Gasteiger partial charge in [-0.15, -0.1) is 24.0 Å². The Labute approximate surface area is 198 Å². The largest absolute Gasteiger partial charge is 0.378 e. The molecule has 2 aliphatic heterocycles. The topological polar surface area (TPSA) is 48.9 Å². The van der Waals surface area contributed by atoms with Crippen molar-refractivity contribution in [2.75, 3.05) is 39.8 Å². The van der Waals surface area contributed by atoms with Gasteiger partial charge in [0, 0.05) is 37.3 Å². The number of aliphatic imine (C=N–C) groups is 1. The molecule has 0 spiro atoms. The molecule has 0 amide bonds. The molecule has 0 radical (unpaired) electrons. The highest BCUT2D eigenvalue weighted by molar-refractivity contribution is 14.0. The Morgan fingerprint density at radius 2 is 2.14 bits per heavy atom. The Balaban J connectivity index is 0.00000300. The van der Waals surface area contributed by atoms with Crippen LogP contribution >= 0.6 is 35.6 Å². The maximum atomic E-state index is 6.26. The highest BCUT2D eigenvalue weighted by Crippen LogP contribution is 2.36. The molecule has 2 fully saturated rings. The quantitative estimate of drug-likeness (QED) is 0.308. The standard InChI is InChI=1S/C22H35ClN4O.HI/c1-3-24-22(25-12-11-20-10-6-14-28-20)26-16-18-8-5-13-27(2)21(18)17-7-4-9-19(23)15-17;/h4,7,9,15,18,20-21H,3,5-6,8,10-14,16H2,1-2H3,(H2,24,25,26);1H. The van der Waals surface area contributed by atoms with Gasteiger partial charge >= 0.3 is 0 Å². The van der Waals surface area contributed by atoms with Crippen LogP contribution in [0.4, 0.5) is 0 Å². The van der Waals surface area contributed by atoms with E-state index in [9.17, 15) is 0 Å². The van der Waals surface area contributed by atoms with Crippen LogP contribution in [-0.4, -0.2) is 56.8 Å². The van der Waals surface area contributed by atoms with Crippen LogP contribution in [0.15, 0.2) is 29.3 Å². The van der Waals surface area contributed by atoms with Gasteiger partial charge < -0.3 is 15.4 Å². The molecule has 7 heteroatoms. The summed E-state index contributed by atoms with van der Waals surface area (Å²) < 4.78 is 5.72. The maximum absolute atomic E-state index is 6.26. The summed E-state index contributed by atoms with van der Waals surface area (Å²) in [5.41, 5.74) is 1.30. The molecule has 0 aliphatic carbocycles. The van der Waals surface area contributed by atoms with Crippen molar-refractivity contribution in [3.63, 3.8) is 0 Å². The summed E-state index contributed by atoms with van der Waals surface area (Å²) in [6.07, 6.45) is 6.25. The van der Waals surface area contributed by atoms with Crippen molar-refractivity contribution in [2.24, 2.45) is 10.9 Å². The average Bonchev–Trinajstić information content (AvgIpc) is 3.19. The summed E-state index contributed by atoms with van der Waals surface area (Å²) in [5, 5.41) is 7.68. The van der Waals surface area contributed by atoms with Crippen LogP contribution in [0, 0.1) is 5.92 Å². The van der Waals surface area contributed by atoms with E-state index < -0.39 is 0 Å². The predicted molar refractivity (Wildman–Crippen MR) is 133 cm³/mol. The van der Waals surface area contributed by atoms with Crippen LogP contribution < -0.4 is 10.6 Å². The third-order valence-electron chi connectivity index (χ3n) is 5.81. The molecule has 0 saturated carbocycles. The molecule has 5 nitrogen and oxygen atoms in total. The molecule has 0 aromatic heterocycles. The first-order valence-corrected chi connectivity index (χ1v) is 11.1. The number of piperidine rings is 1. The van der Waals surface area contributed by atoms with Crippen LogP contribution in [0.2, 0.25) is 5.02 Å². The van der Waals surface area contributed by atoms with Crippen molar-refractivity contribution < 1.29 is 4.74 Å². The van der Waals surface area contributed by atoms with Gasteiger partial charge in [-0.2, -0.15) is 0 Å². The zero-order valence-corrected chi connectivity index (χ0v) is 20.8. The van der Waals surface area contributed by atoms with Crippen LogP contribution in [0.5, 0.6) is 0 Å². The molecule has 3 atom stereocenters. The summed E-state index contributed by atoms with van der Waals surface area (Å²) in [6, 6.07) is 8.67. The molecule has 1 aromatic carbocycles. The minimum Gasteiger partial charge on any atom is -0.378 e. The Morgan fingerprint density at radius 1 is 1.28 bits per heavy atom. The number of nitrogens with one attached hydrogen (secondary N) is 2. The highest BCUT2D eigenvalue weighted by Gasteiger charge is 2.30. The first-order valence-electron chi connectivity index (χ1n) is 10.8. The van der Waals surface area contributed by atoms with E-state index in [0.29, 0.717) is 18.1 Å². The lowest BCUT2D eigenvalue weighted by Gasteiger charge is -2.39. The van der Waals surface area contributed by atoms with E-state index in [1.807, 2.05) is 6.07 Å². The second-order valence-electron chi connectivity index (χ2n) is 7.95. The van der Waals surface area contributed by atoms with Gasteiger partial charge in [-0.25, -0.2) is 0 Å². The van der Waals surface area contributed by atoms with Gasteiger partial charge in [0.1, 0.15) is 0 Å². The summed E-state index contributed by atoms with van der Waals surface area (Å²) in [5.74, 6) is 1.41. The average molecular weight is 535 g/mol. The van der Waals surface area contributed by atoms with Gasteiger partial charge in [0.15, 0.2) is 5.96 Å². The third kappa shape index (κ3) is 7.56. The first kappa shape index (κ1) is 24.7. The molecule has 0 bridgehead atoms. The Bertz CT molecular complexity index is 639. The van der Waals surface area contributed by atoms with Crippen molar-refractivity contribution in [3.8, 4) is 0 Å². The molecule has 2 N–H and O–H groups in total. The smallest absolute Gasteiger partial charge is 0.191 e. The van der Waals surface area contributed by atoms with Gasteiger partial charge in [0.25, 0.3) is 0 Å². The normalized spacial score (nSPS) is 25.5. The first-order chi connectivity index (χ1) is 13.7. The number of hydrogen-bond donors (Lipinski definition) is 2. The Hall–Kier alpha value is -0.570. The fourth-order valence-corrected chi connectivity index (χ4v) is 4.64. The number of halogens is 2. The summed E-state index contributed by atoms with van der Waals surface area (Å²) in [6.45, 7) is 6.74. The molecule has 1 aromatic rings. The highest BCUT2D eigenvalue weighted by atomic mass is 127. The number of hydrogen-bond acceptors (Lipinski definition) is 3. The second kappa shape index (κ2) is 13.0. The molecule has 164 valence electrons. The van der Waals surface area contributed by atoms with Crippen molar-refractivity contribution >= 4 is 41.5 Å². The lowest BCUT2D eigenvalue weighted by molar-refractivity contribution is 0.105. The molecular weight excluding hydrogens is 499 g/mol. The van der Waals surface area contributed by atoms with Crippen molar-refractivity contribution in [1.29, 1.82) is 0 Å². The van der Waals surface area contributed by atoms with Gasteiger partial charge in [-0.05, 0) is 76.2 Å². The second-order valence-corrected chi connectivity index (χ2v) is 8.39. The number of likely N-dealkylation sites (tertiary alicyclic amines) is 1. The fraction of sp³-hybridized carbons (Fsp3) is 0.682. The number of rotatable bonds is 7. The minimum atomic E-state index is 0. The third-order valence-corrected chi connectivity index (χ3v) is 6.04. The molecule has 2 heterocycles. The van der Waals surface area contributed by atoms with E-state index in [4.69, 9.17) is 21.3 Å². The zero-order chi connectivity index (χ0) is 19.8. The van der Waals surface area contributed by atoms with E-state index in [0.717, 1.165) is 50.2 Å². The lowest BCUT2D eigenvalue weighted by Crippen LogP contribution is -2.41. The number of ether oxygens (including phenoxy) is 1. The van der Waals surface area contributed by atoms with Gasteiger partial charge in [0.05, 0.1) is 6.10 Å². The summed E-state index contributed by atoms with van der Waals surface area (Å²) in [4.78, 5) is 7.38. The lowest BCUT2D eigenvalue weighted by atomic mass is 9.85. The van der Waals surface area contributed by atoms with Crippen LogP contribution in [-0.2, 0) is 4.74 Å². The van der Waals surface area contributed by atoms with Crippen molar-refractivity contribution in [3.05, 3.63) is 34.9 Å². The van der Waals surface area contributed by atoms with Gasteiger partial charge in [-0.3, -0.25) is 9.89 Å². The van der Waals surface area contributed by atoms with E-state index >= 15 is 0 Å². The van der Waals surface area contributed by atoms with Gasteiger partial charge in [-0.1, -0.05) is 23.7 Å². The number of guanidine groups is 1.